The second-order valence-electron chi connectivity index (χ2n) is 11.0. The summed E-state index contributed by atoms with van der Waals surface area (Å²) in [6.07, 6.45) is -2.30. The lowest BCUT2D eigenvalue weighted by Gasteiger charge is -2.50. The minimum Gasteiger partial charge on any atom is -0.491 e. The number of para-hydroxylation sites is 1. The lowest BCUT2D eigenvalue weighted by Crippen LogP contribution is -2.60. The number of nitrogens with zero attached hydrogens (tertiary/aromatic N) is 3. The highest BCUT2D eigenvalue weighted by atomic mass is 19.4. The predicted octanol–water partition coefficient (Wildman–Crippen LogP) is 4.59. The monoisotopic (exact) mass is 584 g/mol. The Labute approximate surface area is 242 Å². The van der Waals surface area contributed by atoms with E-state index in [1.54, 1.807) is 12.3 Å². The molecule has 1 unspecified atom stereocenters. The molecule has 2 aliphatic rings. The average Bonchev–Trinajstić information content (AvgIpc) is 3.38. The van der Waals surface area contributed by atoms with E-state index in [2.05, 4.69) is 10.4 Å². The fourth-order valence-corrected chi connectivity index (χ4v) is 6.46. The van der Waals surface area contributed by atoms with Crippen molar-refractivity contribution in [3.05, 3.63) is 83.7 Å². The first kappa shape index (κ1) is 29.6. The van der Waals surface area contributed by atoms with Crippen LogP contribution in [0.4, 0.5) is 13.2 Å². The fraction of sp³-hybridized carbons (Fsp3) is 0.452. The number of halogens is 3. The number of nitrogens with one attached hydrogen (secondary N) is 1. The second-order valence-corrected chi connectivity index (χ2v) is 11.0. The maximum Gasteiger partial charge on any atom is 0.430 e. The van der Waals surface area contributed by atoms with Crippen LogP contribution in [0.3, 0.4) is 0 Å². The number of aryl methyl sites for hydroxylation is 1. The Morgan fingerprint density at radius 3 is 2.40 bits per heavy atom. The smallest absolute Gasteiger partial charge is 0.430 e. The van der Waals surface area contributed by atoms with Crippen LogP contribution in [0.15, 0.2) is 66.9 Å². The summed E-state index contributed by atoms with van der Waals surface area (Å²) in [7, 11) is 0.913. The quantitative estimate of drug-likeness (QED) is 0.419. The number of carbonyl (C=O) groups is 2. The standard InChI is InChI=1S/C31H35F3N4O4/c1-22-12-15-36-38(22)18-19-42-26-11-7-6-10-24(26)25-21-35-27(39)20-29(25)13-16-37(17-14-29)28(40)30(41-2,31(32,33)34)23-8-4-3-5-9-23/h3-12,15,25H,13-14,16-21H2,1-2H3,(H,35,39)/t25?,30-/m1/s1. The van der Waals surface area contributed by atoms with Crippen molar-refractivity contribution in [1.82, 2.24) is 20.0 Å². The predicted molar refractivity (Wildman–Crippen MR) is 149 cm³/mol. The van der Waals surface area contributed by atoms with Gasteiger partial charge in [-0.15, -0.1) is 0 Å². The molecule has 0 aliphatic carbocycles. The number of hydrogen-bond donors (Lipinski definition) is 1. The summed E-state index contributed by atoms with van der Waals surface area (Å²) in [5.74, 6) is -0.697. The van der Waals surface area contributed by atoms with E-state index in [1.165, 1.54) is 29.2 Å². The van der Waals surface area contributed by atoms with Gasteiger partial charge in [-0.1, -0.05) is 48.5 Å². The molecule has 42 heavy (non-hydrogen) atoms. The van der Waals surface area contributed by atoms with Crippen LogP contribution in [-0.2, 0) is 26.5 Å². The Balaban J connectivity index is 1.37. The van der Waals surface area contributed by atoms with E-state index < -0.39 is 23.1 Å². The first-order valence-corrected chi connectivity index (χ1v) is 14.0. The number of alkyl halides is 3. The molecular formula is C31H35F3N4O4. The van der Waals surface area contributed by atoms with Crippen LogP contribution in [0.1, 0.15) is 42.0 Å². The van der Waals surface area contributed by atoms with Gasteiger partial charge in [-0.25, -0.2) is 0 Å². The fourth-order valence-electron chi connectivity index (χ4n) is 6.46. The number of methoxy groups -OCH3 is 1. The molecule has 1 spiro atoms. The average molecular weight is 585 g/mol. The molecule has 2 aliphatic heterocycles. The molecule has 5 rings (SSSR count). The molecule has 3 heterocycles. The molecule has 2 saturated heterocycles. The molecule has 8 nitrogen and oxygen atoms in total. The molecule has 224 valence electrons. The number of benzene rings is 2. The van der Waals surface area contributed by atoms with E-state index >= 15 is 0 Å². The van der Waals surface area contributed by atoms with Crippen LogP contribution in [0.25, 0.3) is 0 Å². The molecule has 0 saturated carbocycles. The van der Waals surface area contributed by atoms with E-state index in [9.17, 15) is 22.8 Å². The van der Waals surface area contributed by atoms with Gasteiger partial charge in [0, 0.05) is 56.5 Å². The first-order valence-electron chi connectivity index (χ1n) is 14.0. The van der Waals surface area contributed by atoms with Crippen LogP contribution >= 0.6 is 0 Å². The van der Waals surface area contributed by atoms with Crippen molar-refractivity contribution in [3.63, 3.8) is 0 Å². The summed E-state index contributed by atoms with van der Waals surface area (Å²) in [6.45, 7) is 3.44. The third kappa shape index (κ3) is 5.37. The van der Waals surface area contributed by atoms with Crippen molar-refractivity contribution in [2.24, 2.45) is 5.41 Å². The molecule has 11 heteroatoms. The van der Waals surface area contributed by atoms with Crippen LogP contribution < -0.4 is 10.1 Å². The van der Waals surface area contributed by atoms with Crippen molar-refractivity contribution in [2.45, 2.75) is 50.4 Å². The van der Waals surface area contributed by atoms with Gasteiger partial charge in [0.05, 0.1) is 6.54 Å². The lowest BCUT2D eigenvalue weighted by molar-refractivity contribution is -0.271. The van der Waals surface area contributed by atoms with Gasteiger partial charge in [0.25, 0.3) is 11.5 Å². The molecule has 1 aromatic heterocycles. The van der Waals surface area contributed by atoms with Crippen LogP contribution in [-0.4, -0.2) is 66.0 Å². The Bertz CT molecular complexity index is 1400. The SMILES string of the molecule is CO[C@@](C(=O)N1CCC2(CC1)CC(=O)NCC2c1ccccc1OCCn1nccc1C)(c1ccccc1)C(F)(F)F. The molecule has 1 N–H and O–H groups in total. The number of piperidine rings is 2. The summed E-state index contributed by atoms with van der Waals surface area (Å²) in [5, 5.41) is 7.26. The number of rotatable bonds is 8. The highest BCUT2D eigenvalue weighted by Gasteiger charge is 2.64. The van der Waals surface area contributed by atoms with Crippen molar-refractivity contribution in [2.75, 3.05) is 33.4 Å². The zero-order valence-corrected chi connectivity index (χ0v) is 23.7. The summed E-state index contributed by atoms with van der Waals surface area (Å²) in [6, 6.07) is 16.6. The van der Waals surface area contributed by atoms with Crippen LogP contribution in [0.2, 0.25) is 0 Å². The third-order valence-corrected chi connectivity index (χ3v) is 8.77. The van der Waals surface area contributed by atoms with Gasteiger partial charge in [0.2, 0.25) is 5.91 Å². The topological polar surface area (TPSA) is 85.7 Å². The van der Waals surface area contributed by atoms with Crippen molar-refractivity contribution >= 4 is 11.8 Å². The molecule has 2 amide bonds. The van der Waals surface area contributed by atoms with Gasteiger partial charge >= 0.3 is 6.18 Å². The molecule has 2 fully saturated rings. The van der Waals surface area contributed by atoms with Gasteiger partial charge in [-0.2, -0.15) is 18.3 Å². The van der Waals surface area contributed by atoms with E-state index in [0.29, 0.717) is 38.3 Å². The minimum absolute atomic E-state index is 0.0677. The van der Waals surface area contributed by atoms with Gasteiger partial charge in [-0.3, -0.25) is 14.3 Å². The maximum atomic E-state index is 14.6. The van der Waals surface area contributed by atoms with Crippen LogP contribution in [0, 0.1) is 12.3 Å². The van der Waals surface area contributed by atoms with Gasteiger partial charge in [0.1, 0.15) is 12.4 Å². The Hall–Kier alpha value is -3.86. The number of amides is 2. The number of hydrogen-bond acceptors (Lipinski definition) is 5. The Kier molecular flexibility index (Phi) is 8.32. The van der Waals surface area contributed by atoms with E-state index in [-0.39, 0.29) is 36.9 Å². The summed E-state index contributed by atoms with van der Waals surface area (Å²) >= 11 is 0. The van der Waals surface area contributed by atoms with Gasteiger partial charge < -0.3 is 19.7 Å². The van der Waals surface area contributed by atoms with Gasteiger partial charge in [-0.05, 0) is 42.9 Å². The summed E-state index contributed by atoms with van der Waals surface area (Å²) < 4.78 is 56.8. The minimum atomic E-state index is -4.98. The Morgan fingerprint density at radius 2 is 1.76 bits per heavy atom. The van der Waals surface area contributed by atoms with Crippen molar-refractivity contribution in [1.29, 1.82) is 0 Å². The zero-order valence-electron chi connectivity index (χ0n) is 23.7. The number of likely N-dealkylation sites (tertiary alicyclic amines) is 1. The number of aromatic nitrogens is 2. The first-order chi connectivity index (χ1) is 20.1. The highest BCUT2D eigenvalue weighted by Crippen LogP contribution is 2.52. The molecule has 2 aromatic carbocycles. The summed E-state index contributed by atoms with van der Waals surface area (Å²) in [4.78, 5) is 27.6. The van der Waals surface area contributed by atoms with Gasteiger partial charge in [0.15, 0.2) is 0 Å². The number of carbonyl (C=O) groups excluding carboxylic acids is 2. The molecule has 3 aromatic rings. The lowest BCUT2D eigenvalue weighted by atomic mass is 9.62. The maximum absolute atomic E-state index is 14.6. The number of ether oxygens (including phenoxy) is 2. The summed E-state index contributed by atoms with van der Waals surface area (Å²) in [5.41, 5.74) is -1.97. The third-order valence-electron chi connectivity index (χ3n) is 8.77. The highest BCUT2D eigenvalue weighted by molar-refractivity contribution is 5.88. The second kappa shape index (κ2) is 11.8. The van der Waals surface area contributed by atoms with E-state index in [0.717, 1.165) is 18.4 Å². The van der Waals surface area contributed by atoms with Crippen molar-refractivity contribution < 1.29 is 32.2 Å². The van der Waals surface area contributed by atoms with E-state index in [1.807, 2.05) is 41.9 Å². The normalized spacial score (nSPS) is 20.2. The molecular weight excluding hydrogens is 549 g/mol. The van der Waals surface area contributed by atoms with Crippen molar-refractivity contribution in [3.8, 4) is 5.75 Å². The molecule has 2 atom stereocenters. The molecule has 0 bridgehead atoms. The van der Waals surface area contributed by atoms with E-state index in [4.69, 9.17) is 9.47 Å². The largest absolute Gasteiger partial charge is 0.491 e. The molecule has 0 radical (unpaired) electrons. The van der Waals surface area contributed by atoms with Crippen LogP contribution in [0.5, 0.6) is 5.75 Å². The zero-order chi connectivity index (χ0) is 30.0. The Morgan fingerprint density at radius 1 is 1.07 bits per heavy atom.